The molecule has 0 radical (unpaired) electrons. The lowest BCUT2D eigenvalue weighted by Crippen LogP contribution is -2.34. The maximum Gasteiger partial charge on any atom is 0.129 e. The molecule has 1 heterocycles. The van der Waals surface area contributed by atoms with E-state index in [9.17, 15) is 0 Å². The van der Waals surface area contributed by atoms with Gasteiger partial charge in [-0.05, 0) is 18.3 Å². The Kier molecular flexibility index (Phi) is 5.86. The Morgan fingerprint density at radius 1 is 1.33 bits per heavy atom. The van der Waals surface area contributed by atoms with E-state index in [2.05, 4.69) is 43.0 Å². The van der Waals surface area contributed by atoms with E-state index in [-0.39, 0.29) is 5.41 Å². The second-order valence-electron chi connectivity index (χ2n) is 5.69. The fourth-order valence-electron chi connectivity index (χ4n) is 1.88. The van der Waals surface area contributed by atoms with Gasteiger partial charge in [-0.3, -0.25) is 0 Å². The molecule has 0 aromatic carbocycles. The third-order valence-electron chi connectivity index (χ3n) is 3.00. The van der Waals surface area contributed by atoms with Crippen LogP contribution >= 0.6 is 11.6 Å². The van der Waals surface area contributed by atoms with Crippen LogP contribution in [0.4, 0.5) is 5.82 Å². The summed E-state index contributed by atoms with van der Waals surface area (Å²) in [6.07, 6.45) is 4.65. The molecule has 0 aliphatic heterocycles. The van der Waals surface area contributed by atoms with Gasteiger partial charge in [0.15, 0.2) is 0 Å². The highest BCUT2D eigenvalue weighted by atomic mass is 35.5. The van der Waals surface area contributed by atoms with Crippen LogP contribution in [0.5, 0.6) is 0 Å². The zero-order valence-electron chi connectivity index (χ0n) is 11.8. The third kappa shape index (κ3) is 4.81. The number of nitrogens with zero attached hydrogens (tertiary/aromatic N) is 2. The van der Waals surface area contributed by atoms with Crippen LogP contribution in [0.15, 0.2) is 12.4 Å². The predicted molar refractivity (Wildman–Crippen MR) is 78.2 cm³/mol. The molecule has 0 saturated heterocycles. The molecule has 3 nitrogen and oxygen atoms in total. The summed E-state index contributed by atoms with van der Waals surface area (Å²) >= 11 is 5.88. The highest BCUT2D eigenvalue weighted by Crippen LogP contribution is 2.25. The largest absolute Gasteiger partial charge is 0.367 e. The van der Waals surface area contributed by atoms with Crippen molar-refractivity contribution in [2.75, 3.05) is 11.2 Å². The van der Waals surface area contributed by atoms with Crippen molar-refractivity contribution >= 4 is 17.4 Å². The molecule has 0 spiro atoms. The molecular weight excluding hydrogens is 246 g/mol. The maximum absolute atomic E-state index is 5.88. The van der Waals surface area contributed by atoms with Crippen LogP contribution in [0.3, 0.4) is 0 Å². The van der Waals surface area contributed by atoms with Crippen LogP contribution in [-0.4, -0.2) is 21.9 Å². The average Bonchev–Trinajstić information content (AvgIpc) is 2.28. The van der Waals surface area contributed by atoms with Gasteiger partial charge >= 0.3 is 0 Å². The van der Waals surface area contributed by atoms with Crippen LogP contribution in [-0.2, 0) is 6.42 Å². The molecule has 18 heavy (non-hydrogen) atoms. The van der Waals surface area contributed by atoms with Gasteiger partial charge in [0.1, 0.15) is 12.1 Å². The molecule has 0 aliphatic rings. The lowest BCUT2D eigenvalue weighted by molar-refractivity contribution is 0.334. The van der Waals surface area contributed by atoms with E-state index in [1.54, 1.807) is 6.33 Å². The van der Waals surface area contributed by atoms with Crippen LogP contribution in [0, 0.1) is 5.41 Å². The number of nitrogens with one attached hydrogen (secondary N) is 1. The Morgan fingerprint density at radius 3 is 2.61 bits per heavy atom. The topological polar surface area (TPSA) is 37.8 Å². The van der Waals surface area contributed by atoms with Crippen molar-refractivity contribution in [2.45, 2.75) is 53.0 Å². The highest BCUT2D eigenvalue weighted by Gasteiger charge is 2.24. The summed E-state index contributed by atoms with van der Waals surface area (Å²) in [5.74, 6) is 1.56. The molecule has 1 rings (SSSR count). The van der Waals surface area contributed by atoms with E-state index in [1.807, 2.05) is 6.07 Å². The number of aryl methyl sites for hydroxylation is 1. The molecule has 1 aromatic heterocycles. The molecule has 1 atom stereocenters. The van der Waals surface area contributed by atoms with E-state index >= 15 is 0 Å². The van der Waals surface area contributed by atoms with Gasteiger partial charge in [-0.25, -0.2) is 9.97 Å². The molecular formula is C14H24ClN3. The molecule has 0 saturated carbocycles. The monoisotopic (exact) mass is 269 g/mol. The Bertz CT molecular complexity index is 360. The van der Waals surface area contributed by atoms with E-state index < -0.39 is 0 Å². The second kappa shape index (κ2) is 6.93. The molecule has 0 fully saturated rings. The van der Waals surface area contributed by atoms with E-state index in [0.29, 0.717) is 11.9 Å². The van der Waals surface area contributed by atoms with Crippen molar-refractivity contribution in [3.05, 3.63) is 18.1 Å². The minimum Gasteiger partial charge on any atom is -0.367 e. The Morgan fingerprint density at radius 2 is 2.06 bits per heavy atom. The lowest BCUT2D eigenvalue weighted by atomic mass is 9.85. The van der Waals surface area contributed by atoms with Crippen molar-refractivity contribution in [1.82, 2.24) is 9.97 Å². The Balaban J connectivity index is 2.77. The molecule has 1 unspecified atom stereocenters. The number of aromatic nitrogens is 2. The van der Waals surface area contributed by atoms with Gasteiger partial charge in [0.2, 0.25) is 0 Å². The summed E-state index contributed by atoms with van der Waals surface area (Å²) < 4.78 is 0. The molecule has 0 amide bonds. The number of rotatable bonds is 6. The number of halogens is 1. The minimum absolute atomic E-state index is 0.157. The molecule has 1 aromatic rings. The summed E-state index contributed by atoms with van der Waals surface area (Å²) in [6.45, 7) is 8.79. The van der Waals surface area contributed by atoms with Gasteiger partial charge < -0.3 is 5.32 Å². The molecule has 4 heteroatoms. The first-order valence-corrected chi connectivity index (χ1v) is 7.14. The van der Waals surface area contributed by atoms with E-state index in [0.717, 1.165) is 30.8 Å². The number of hydrogen-bond acceptors (Lipinski definition) is 3. The van der Waals surface area contributed by atoms with Crippen LogP contribution in [0.1, 0.15) is 46.2 Å². The van der Waals surface area contributed by atoms with Crippen molar-refractivity contribution < 1.29 is 0 Å². The normalized spacial score (nSPS) is 13.4. The van der Waals surface area contributed by atoms with Crippen molar-refractivity contribution in [1.29, 1.82) is 0 Å². The first kappa shape index (κ1) is 15.2. The average molecular weight is 270 g/mol. The quantitative estimate of drug-likeness (QED) is 0.797. The van der Waals surface area contributed by atoms with E-state index in [1.165, 1.54) is 0 Å². The molecule has 1 N–H and O–H groups in total. The summed E-state index contributed by atoms with van der Waals surface area (Å²) in [7, 11) is 0. The summed E-state index contributed by atoms with van der Waals surface area (Å²) in [5.41, 5.74) is 1.25. The van der Waals surface area contributed by atoms with Gasteiger partial charge in [-0.2, -0.15) is 0 Å². The fourth-order valence-corrected chi connectivity index (χ4v) is 2.10. The molecule has 0 bridgehead atoms. The lowest BCUT2D eigenvalue weighted by Gasteiger charge is -2.31. The van der Waals surface area contributed by atoms with Gasteiger partial charge in [-0.1, -0.05) is 34.1 Å². The third-order valence-corrected chi connectivity index (χ3v) is 3.21. The molecule has 0 aliphatic carbocycles. The van der Waals surface area contributed by atoms with Crippen LogP contribution in [0.2, 0.25) is 0 Å². The van der Waals surface area contributed by atoms with Gasteiger partial charge in [0.25, 0.3) is 0 Å². The molecule has 102 valence electrons. The maximum atomic E-state index is 5.88. The first-order chi connectivity index (χ1) is 8.47. The van der Waals surface area contributed by atoms with Gasteiger partial charge in [0, 0.05) is 23.7 Å². The summed E-state index contributed by atoms with van der Waals surface area (Å²) in [4.78, 5) is 8.56. The van der Waals surface area contributed by atoms with Crippen molar-refractivity contribution in [3.63, 3.8) is 0 Å². The highest BCUT2D eigenvalue weighted by molar-refractivity contribution is 6.17. The standard InChI is InChI=1S/C14H24ClN3/c1-5-6-11-9-13(17-10-16-11)18-12(7-8-15)14(2,3)4/h9-10,12H,5-8H2,1-4H3,(H,16,17,18). The zero-order chi connectivity index (χ0) is 13.6. The van der Waals surface area contributed by atoms with Gasteiger partial charge in [-0.15, -0.1) is 11.6 Å². The Hall–Kier alpha value is -0.830. The zero-order valence-corrected chi connectivity index (χ0v) is 12.6. The van der Waals surface area contributed by atoms with Crippen LogP contribution in [0.25, 0.3) is 0 Å². The predicted octanol–water partition coefficient (Wildman–Crippen LogP) is 3.88. The van der Waals surface area contributed by atoms with Crippen LogP contribution < -0.4 is 5.32 Å². The number of anilines is 1. The fraction of sp³-hybridized carbons (Fsp3) is 0.714. The summed E-state index contributed by atoms with van der Waals surface area (Å²) in [6, 6.07) is 2.36. The second-order valence-corrected chi connectivity index (χ2v) is 6.06. The van der Waals surface area contributed by atoms with E-state index in [4.69, 9.17) is 11.6 Å². The first-order valence-electron chi connectivity index (χ1n) is 6.60. The number of alkyl halides is 1. The number of hydrogen-bond donors (Lipinski definition) is 1. The smallest absolute Gasteiger partial charge is 0.129 e. The summed E-state index contributed by atoms with van der Waals surface area (Å²) in [5, 5.41) is 3.48. The van der Waals surface area contributed by atoms with Gasteiger partial charge in [0.05, 0.1) is 0 Å². The van der Waals surface area contributed by atoms with Crippen molar-refractivity contribution in [3.8, 4) is 0 Å². The minimum atomic E-state index is 0.157. The Labute approximate surface area is 115 Å². The van der Waals surface area contributed by atoms with Crippen molar-refractivity contribution in [2.24, 2.45) is 5.41 Å². The SMILES string of the molecule is CCCc1cc(NC(CCCl)C(C)(C)C)ncn1.